The summed E-state index contributed by atoms with van der Waals surface area (Å²) in [5.74, 6) is 0.604. The third-order valence-electron chi connectivity index (χ3n) is 2.94. The van der Waals surface area contributed by atoms with Gasteiger partial charge in [0.15, 0.2) is 5.82 Å². The Morgan fingerprint density at radius 3 is 2.63 bits per heavy atom. The van der Waals surface area contributed by atoms with E-state index >= 15 is 0 Å². The number of benzene rings is 1. The minimum Gasteiger partial charge on any atom is -0.289 e. The number of aromatic amines is 1. The van der Waals surface area contributed by atoms with Gasteiger partial charge in [0.1, 0.15) is 0 Å². The highest BCUT2D eigenvalue weighted by Crippen LogP contribution is 2.15. The molecule has 0 atom stereocenters. The molecule has 2 heterocycles. The molecule has 1 aromatic carbocycles. The van der Waals surface area contributed by atoms with E-state index in [9.17, 15) is 4.79 Å². The molecule has 0 aliphatic heterocycles. The van der Waals surface area contributed by atoms with E-state index in [0.29, 0.717) is 5.82 Å². The quantitative estimate of drug-likeness (QED) is 0.761. The summed E-state index contributed by atoms with van der Waals surface area (Å²) in [5, 5.41) is 3.08. The molecule has 19 heavy (non-hydrogen) atoms. The van der Waals surface area contributed by atoms with E-state index in [1.165, 1.54) is 4.68 Å². The Bertz CT molecular complexity index is 756. The van der Waals surface area contributed by atoms with E-state index in [1.807, 2.05) is 49.4 Å². The largest absolute Gasteiger partial charge is 0.289 e. The molecule has 0 fully saturated rings. The van der Waals surface area contributed by atoms with E-state index < -0.39 is 0 Å². The van der Waals surface area contributed by atoms with Crippen LogP contribution >= 0.6 is 0 Å². The Morgan fingerprint density at radius 2 is 1.89 bits per heavy atom. The molecule has 0 saturated carbocycles. The van der Waals surface area contributed by atoms with Gasteiger partial charge >= 0.3 is 0 Å². The molecule has 94 valence electrons. The van der Waals surface area contributed by atoms with Gasteiger partial charge in [-0.05, 0) is 30.2 Å². The number of hydrogen-bond donors (Lipinski definition) is 1. The molecule has 4 heteroatoms. The third kappa shape index (κ3) is 2.20. The Hall–Kier alpha value is -2.62. The van der Waals surface area contributed by atoms with Crippen LogP contribution in [-0.2, 0) is 0 Å². The Balaban J connectivity index is 2.10. The van der Waals surface area contributed by atoms with Gasteiger partial charge in [0.05, 0.1) is 5.69 Å². The number of rotatable bonds is 2. The topological polar surface area (TPSA) is 50.7 Å². The molecule has 0 bridgehead atoms. The lowest BCUT2D eigenvalue weighted by molar-refractivity contribution is 0.820. The molecule has 0 amide bonds. The second kappa shape index (κ2) is 4.57. The minimum absolute atomic E-state index is 0.114. The minimum atomic E-state index is -0.114. The lowest BCUT2D eigenvalue weighted by Gasteiger charge is -2.02. The Labute approximate surface area is 110 Å². The van der Waals surface area contributed by atoms with Crippen LogP contribution in [0, 0.1) is 6.92 Å². The first-order valence-electron chi connectivity index (χ1n) is 6.04. The van der Waals surface area contributed by atoms with E-state index in [-0.39, 0.29) is 5.56 Å². The van der Waals surface area contributed by atoms with Gasteiger partial charge in [0.2, 0.25) is 0 Å². The molecule has 0 unspecified atom stereocenters. The molecule has 1 N–H and O–H groups in total. The highest BCUT2D eigenvalue weighted by molar-refractivity contribution is 5.58. The van der Waals surface area contributed by atoms with Crippen molar-refractivity contribution >= 4 is 0 Å². The molecular weight excluding hydrogens is 238 g/mol. The first-order valence-corrected chi connectivity index (χ1v) is 6.04. The van der Waals surface area contributed by atoms with Crippen molar-refractivity contribution in [2.45, 2.75) is 6.92 Å². The zero-order chi connectivity index (χ0) is 13.2. The van der Waals surface area contributed by atoms with Gasteiger partial charge in [0, 0.05) is 12.3 Å². The lowest BCUT2D eigenvalue weighted by atomic mass is 10.2. The van der Waals surface area contributed by atoms with Gasteiger partial charge in [-0.3, -0.25) is 9.89 Å². The van der Waals surface area contributed by atoms with Crippen molar-refractivity contribution in [1.82, 2.24) is 14.8 Å². The van der Waals surface area contributed by atoms with Crippen molar-refractivity contribution in [2.75, 3.05) is 0 Å². The number of aromatic nitrogens is 3. The summed E-state index contributed by atoms with van der Waals surface area (Å²) in [4.78, 5) is 16.2. The predicted molar refractivity (Wildman–Crippen MR) is 74.4 cm³/mol. The number of nitrogens with zero attached hydrogens (tertiary/aromatic N) is 2. The van der Waals surface area contributed by atoms with Gasteiger partial charge in [-0.15, -0.1) is 0 Å². The maximum Gasteiger partial charge on any atom is 0.273 e. The van der Waals surface area contributed by atoms with Crippen molar-refractivity contribution in [1.29, 1.82) is 0 Å². The van der Waals surface area contributed by atoms with E-state index in [0.717, 1.165) is 16.8 Å². The molecule has 0 spiro atoms. The van der Waals surface area contributed by atoms with Crippen molar-refractivity contribution in [3.05, 3.63) is 70.6 Å². The zero-order valence-corrected chi connectivity index (χ0v) is 10.5. The third-order valence-corrected chi connectivity index (χ3v) is 2.94. The van der Waals surface area contributed by atoms with Crippen LogP contribution in [0.5, 0.6) is 0 Å². The molecule has 3 aromatic rings. The maximum atomic E-state index is 12.0. The molecule has 0 radical (unpaired) electrons. The standard InChI is InChI=1S/C15H13N3O/c1-11-7-8-16-14(9-11)18-15(19)10-13(17-18)12-5-3-2-4-6-12/h2-10,17H,1H3. The van der Waals surface area contributed by atoms with E-state index in [1.54, 1.807) is 12.3 Å². The lowest BCUT2D eigenvalue weighted by Crippen LogP contribution is -2.14. The summed E-state index contributed by atoms with van der Waals surface area (Å²) in [7, 11) is 0. The summed E-state index contributed by atoms with van der Waals surface area (Å²) < 4.78 is 1.45. The fraction of sp³-hybridized carbons (Fsp3) is 0.0667. The molecule has 2 aromatic heterocycles. The monoisotopic (exact) mass is 251 g/mol. The Kier molecular flexibility index (Phi) is 2.76. The second-order valence-corrected chi connectivity index (χ2v) is 4.40. The van der Waals surface area contributed by atoms with Crippen molar-refractivity contribution < 1.29 is 0 Å². The molecule has 0 aliphatic carbocycles. The zero-order valence-electron chi connectivity index (χ0n) is 10.5. The highest BCUT2D eigenvalue weighted by Gasteiger charge is 2.07. The molecule has 4 nitrogen and oxygen atoms in total. The van der Waals surface area contributed by atoms with Crippen molar-refractivity contribution in [3.63, 3.8) is 0 Å². The van der Waals surface area contributed by atoms with Gasteiger partial charge in [-0.2, -0.15) is 0 Å². The van der Waals surface area contributed by atoms with Gasteiger partial charge in [-0.25, -0.2) is 9.67 Å². The van der Waals surface area contributed by atoms with Gasteiger partial charge in [0.25, 0.3) is 5.56 Å². The average molecular weight is 251 g/mol. The van der Waals surface area contributed by atoms with Gasteiger partial charge < -0.3 is 0 Å². The van der Waals surface area contributed by atoms with Crippen LogP contribution in [0.2, 0.25) is 0 Å². The first kappa shape index (κ1) is 11.5. The van der Waals surface area contributed by atoms with Crippen LogP contribution in [-0.4, -0.2) is 14.8 Å². The number of aryl methyl sites for hydroxylation is 1. The van der Waals surface area contributed by atoms with Crippen LogP contribution in [0.3, 0.4) is 0 Å². The summed E-state index contributed by atoms with van der Waals surface area (Å²) in [6.45, 7) is 1.97. The number of nitrogens with one attached hydrogen (secondary N) is 1. The second-order valence-electron chi connectivity index (χ2n) is 4.40. The average Bonchev–Trinajstić information content (AvgIpc) is 2.82. The van der Waals surface area contributed by atoms with Crippen LogP contribution in [0.4, 0.5) is 0 Å². The fourth-order valence-electron chi connectivity index (χ4n) is 1.97. The number of pyridine rings is 1. The van der Waals surface area contributed by atoms with E-state index in [4.69, 9.17) is 0 Å². The normalized spacial score (nSPS) is 10.6. The van der Waals surface area contributed by atoms with Crippen molar-refractivity contribution in [3.8, 4) is 17.1 Å². The van der Waals surface area contributed by atoms with Gasteiger partial charge in [-0.1, -0.05) is 30.3 Å². The summed E-state index contributed by atoms with van der Waals surface area (Å²) in [6, 6.07) is 15.1. The smallest absolute Gasteiger partial charge is 0.273 e. The summed E-state index contributed by atoms with van der Waals surface area (Å²) in [5.41, 5.74) is 2.71. The molecule has 0 saturated heterocycles. The molecule has 3 rings (SSSR count). The van der Waals surface area contributed by atoms with Crippen molar-refractivity contribution in [2.24, 2.45) is 0 Å². The summed E-state index contributed by atoms with van der Waals surface area (Å²) >= 11 is 0. The van der Waals surface area contributed by atoms with Crippen LogP contribution in [0.1, 0.15) is 5.56 Å². The first-order chi connectivity index (χ1) is 9.24. The highest BCUT2D eigenvalue weighted by atomic mass is 16.1. The Morgan fingerprint density at radius 1 is 1.11 bits per heavy atom. The van der Waals surface area contributed by atoms with Crippen LogP contribution in [0.25, 0.3) is 17.1 Å². The molecular formula is C15H13N3O. The predicted octanol–water partition coefficient (Wildman–Crippen LogP) is 2.54. The number of H-pyrrole nitrogens is 1. The number of hydrogen-bond acceptors (Lipinski definition) is 2. The molecule has 0 aliphatic rings. The van der Waals surface area contributed by atoms with Crippen LogP contribution < -0.4 is 5.56 Å². The maximum absolute atomic E-state index is 12.0. The SMILES string of the molecule is Cc1ccnc(-n2[nH]c(-c3ccccc3)cc2=O)c1. The van der Waals surface area contributed by atoms with E-state index in [2.05, 4.69) is 10.1 Å². The fourth-order valence-corrected chi connectivity index (χ4v) is 1.97. The summed E-state index contributed by atoms with van der Waals surface area (Å²) in [6.07, 6.45) is 1.69. The van der Waals surface area contributed by atoms with Crippen LogP contribution in [0.15, 0.2) is 59.5 Å².